The molecule has 6 heteroatoms. The number of rotatable bonds is 5. The van der Waals surface area contributed by atoms with Gasteiger partial charge in [-0.2, -0.15) is 0 Å². The first kappa shape index (κ1) is 16.5. The number of hydrogen-bond acceptors (Lipinski definition) is 4. The minimum atomic E-state index is -3.75. The molecule has 0 radical (unpaired) electrons. The van der Waals surface area contributed by atoms with Crippen LogP contribution >= 0.6 is 0 Å². The van der Waals surface area contributed by atoms with Crippen LogP contribution in [-0.2, 0) is 16.6 Å². The molecule has 0 saturated heterocycles. The number of nitrogens with one attached hydrogen (secondary N) is 1. The molecule has 0 aliphatic carbocycles. The molecule has 3 aromatic rings. The number of ether oxygens (including phenoxy) is 1. The maximum Gasteiger partial charge on any atom is 0.271 e. The molecular weight excluding hydrogens is 324 g/mol. The molecule has 0 bridgehead atoms. The van der Waals surface area contributed by atoms with Gasteiger partial charge in [-0.15, -0.1) is 0 Å². The zero-order valence-corrected chi connectivity index (χ0v) is 14.7. The summed E-state index contributed by atoms with van der Waals surface area (Å²) in [5, 5.41) is 4.02. The second-order valence-electron chi connectivity index (χ2n) is 5.65. The van der Waals surface area contributed by atoms with Gasteiger partial charge in [0.15, 0.2) is 0 Å². The van der Waals surface area contributed by atoms with Gasteiger partial charge >= 0.3 is 0 Å². The number of aromatic nitrogens is 1. The van der Waals surface area contributed by atoms with E-state index in [1.807, 2.05) is 44.3 Å². The minimum Gasteiger partial charge on any atom is -0.495 e. The van der Waals surface area contributed by atoms with Crippen LogP contribution in [0.4, 0.5) is 0 Å². The number of fused-ring (bicyclic) bond motifs is 1. The predicted octanol–water partition coefficient (Wildman–Crippen LogP) is 2.91. The molecule has 126 valence electrons. The Bertz CT molecular complexity index is 991. The number of methoxy groups -OCH3 is 1. The number of hydrogen-bond donors (Lipinski definition) is 1. The van der Waals surface area contributed by atoms with Crippen molar-refractivity contribution in [2.75, 3.05) is 14.2 Å². The molecule has 1 heterocycles. The Morgan fingerprint density at radius 2 is 1.96 bits per heavy atom. The van der Waals surface area contributed by atoms with Gasteiger partial charge in [-0.05, 0) is 49.4 Å². The van der Waals surface area contributed by atoms with E-state index in [-0.39, 0.29) is 4.90 Å². The highest BCUT2D eigenvalue weighted by atomic mass is 32.2. The lowest BCUT2D eigenvalue weighted by atomic mass is 10.1. The summed E-state index contributed by atoms with van der Waals surface area (Å²) >= 11 is 0. The van der Waals surface area contributed by atoms with Gasteiger partial charge in [0.1, 0.15) is 10.6 Å². The molecule has 1 N–H and O–H groups in total. The summed E-state index contributed by atoms with van der Waals surface area (Å²) in [6, 6.07) is 12.7. The van der Waals surface area contributed by atoms with E-state index in [0.717, 1.165) is 16.5 Å². The Morgan fingerprint density at radius 1 is 1.17 bits per heavy atom. The molecule has 0 unspecified atom stereocenters. The van der Waals surface area contributed by atoms with Crippen molar-refractivity contribution in [2.45, 2.75) is 18.4 Å². The lowest BCUT2D eigenvalue weighted by Crippen LogP contribution is -2.13. The zero-order chi connectivity index (χ0) is 17.3. The molecule has 0 spiro atoms. The number of benzene rings is 2. The molecule has 24 heavy (non-hydrogen) atoms. The molecule has 0 fully saturated rings. The van der Waals surface area contributed by atoms with E-state index < -0.39 is 10.0 Å². The second kappa shape index (κ2) is 6.30. The van der Waals surface area contributed by atoms with E-state index in [0.29, 0.717) is 17.8 Å². The van der Waals surface area contributed by atoms with Gasteiger partial charge in [0.25, 0.3) is 10.0 Å². The van der Waals surface area contributed by atoms with Crippen molar-refractivity contribution in [3.63, 3.8) is 0 Å². The van der Waals surface area contributed by atoms with Gasteiger partial charge in [0, 0.05) is 18.1 Å². The quantitative estimate of drug-likeness (QED) is 0.773. The lowest BCUT2D eigenvalue weighted by molar-refractivity contribution is 0.402. The molecule has 2 aromatic carbocycles. The first-order chi connectivity index (χ1) is 11.5. The molecule has 0 aliphatic heterocycles. The predicted molar refractivity (Wildman–Crippen MR) is 95.0 cm³/mol. The number of nitrogens with zero attached hydrogens (tertiary/aromatic N) is 1. The summed E-state index contributed by atoms with van der Waals surface area (Å²) in [6.07, 6.45) is 1.60. The van der Waals surface area contributed by atoms with E-state index in [2.05, 4.69) is 5.32 Å². The fraction of sp³-hybridized carbons (Fsp3) is 0.222. The van der Waals surface area contributed by atoms with Crippen molar-refractivity contribution in [3.05, 3.63) is 59.8 Å². The molecule has 0 atom stereocenters. The Hall–Kier alpha value is -2.31. The summed E-state index contributed by atoms with van der Waals surface area (Å²) < 4.78 is 32.9. The first-order valence-electron chi connectivity index (χ1n) is 7.63. The van der Waals surface area contributed by atoms with Crippen LogP contribution in [-0.4, -0.2) is 26.5 Å². The monoisotopic (exact) mass is 344 g/mol. The van der Waals surface area contributed by atoms with Crippen LogP contribution in [0.2, 0.25) is 0 Å². The smallest absolute Gasteiger partial charge is 0.271 e. The Balaban J connectivity index is 2.23. The standard InChI is InChI=1S/C18H20N2O3S/c1-13-7-8-17(23-3)18(11-13)24(21,22)20-10-9-15-14(12-19-2)5-4-6-16(15)20/h4-11,19H,12H2,1-3H3. The van der Waals surface area contributed by atoms with Gasteiger partial charge in [-0.3, -0.25) is 0 Å². The average Bonchev–Trinajstić information content (AvgIpc) is 3.01. The van der Waals surface area contributed by atoms with E-state index in [1.54, 1.807) is 18.3 Å². The van der Waals surface area contributed by atoms with Crippen LogP contribution in [0.25, 0.3) is 10.9 Å². The topological polar surface area (TPSA) is 60.3 Å². The third kappa shape index (κ3) is 2.68. The third-order valence-electron chi connectivity index (χ3n) is 4.01. The van der Waals surface area contributed by atoms with E-state index in [1.165, 1.54) is 11.1 Å². The highest BCUT2D eigenvalue weighted by Gasteiger charge is 2.23. The third-order valence-corrected chi connectivity index (χ3v) is 5.72. The van der Waals surface area contributed by atoms with Crippen molar-refractivity contribution in [3.8, 4) is 5.75 Å². The van der Waals surface area contributed by atoms with Crippen molar-refractivity contribution >= 4 is 20.9 Å². The summed E-state index contributed by atoms with van der Waals surface area (Å²) in [7, 11) is -0.408. The maximum absolute atomic E-state index is 13.2. The van der Waals surface area contributed by atoms with Crippen molar-refractivity contribution in [2.24, 2.45) is 0 Å². The second-order valence-corrected chi connectivity index (χ2v) is 7.43. The van der Waals surface area contributed by atoms with Crippen LogP contribution in [0.5, 0.6) is 5.75 Å². The number of aryl methyl sites for hydroxylation is 1. The molecule has 0 amide bonds. The Morgan fingerprint density at radius 3 is 2.67 bits per heavy atom. The van der Waals surface area contributed by atoms with Crippen LogP contribution in [0.1, 0.15) is 11.1 Å². The summed E-state index contributed by atoms with van der Waals surface area (Å²) in [5.41, 5.74) is 2.58. The van der Waals surface area contributed by atoms with E-state index in [4.69, 9.17) is 4.74 Å². The highest BCUT2D eigenvalue weighted by molar-refractivity contribution is 7.90. The van der Waals surface area contributed by atoms with Gasteiger partial charge in [-0.25, -0.2) is 12.4 Å². The van der Waals surface area contributed by atoms with Gasteiger partial charge in [0.2, 0.25) is 0 Å². The van der Waals surface area contributed by atoms with Crippen LogP contribution in [0.3, 0.4) is 0 Å². The van der Waals surface area contributed by atoms with Gasteiger partial charge < -0.3 is 10.1 Å². The lowest BCUT2D eigenvalue weighted by Gasteiger charge is -2.12. The molecule has 3 rings (SSSR count). The fourth-order valence-electron chi connectivity index (χ4n) is 2.85. The minimum absolute atomic E-state index is 0.168. The first-order valence-corrected chi connectivity index (χ1v) is 9.07. The maximum atomic E-state index is 13.2. The van der Waals surface area contributed by atoms with E-state index in [9.17, 15) is 8.42 Å². The van der Waals surface area contributed by atoms with Crippen molar-refractivity contribution < 1.29 is 13.2 Å². The SMILES string of the molecule is CNCc1cccc2c1ccn2S(=O)(=O)c1cc(C)ccc1OC. The summed E-state index contributed by atoms with van der Waals surface area (Å²) in [4.78, 5) is 0.168. The molecule has 0 saturated carbocycles. The molecule has 1 aromatic heterocycles. The normalized spacial score (nSPS) is 11.8. The van der Waals surface area contributed by atoms with Crippen LogP contribution < -0.4 is 10.1 Å². The molecular formula is C18H20N2O3S. The van der Waals surface area contributed by atoms with Crippen molar-refractivity contribution in [1.29, 1.82) is 0 Å². The van der Waals surface area contributed by atoms with Crippen LogP contribution in [0, 0.1) is 6.92 Å². The summed E-state index contributed by atoms with van der Waals surface area (Å²) in [6.45, 7) is 2.53. The molecule has 0 aliphatic rings. The largest absolute Gasteiger partial charge is 0.495 e. The Kier molecular flexibility index (Phi) is 4.34. The van der Waals surface area contributed by atoms with Crippen molar-refractivity contribution in [1.82, 2.24) is 9.29 Å². The van der Waals surface area contributed by atoms with Crippen LogP contribution in [0.15, 0.2) is 53.6 Å². The average molecular weight is 344 g/mol. The van der Waals surface area contributed by atoms with E-state index >= 15 is 0 Å². The highest BCUT2D eigenvalue weighted by Crippen LogP contribution is 2.30. The van der Waals surface area contributed by atoms with Gasteiger partial charge in [0.05, 0.1) is 12.6 Å². The summed E-state index contributed by atoms with van der Waals surface area (Å²) in [5.74, 6) is 0.342. The Labute approximate surface area is 141 Å². The molecule has 5 nitrogen and oxygen atoms in total. The van der Waals surface area contributed by atoms with Gasteiger partial charge in [-0.1, -0.05) is 18.2 Å². The fourth-order valence-corrected chi connectivity index (χ4v) is 4.44. The zero-order valence-electron chi connectivity index (χ0n) is 13.9.